The molecule has 0 spiro atoms. The Morgan fingerprint density at radius 1 is 0.895 bits per heavy atom. The lowest BCUT2D eigenvalue weighted by Gasteiger charge is -2.32. The average molecular weight is 554 g/mol. The quantitative estimate of drug-likeness (QED) is 0.419. The summed E-state index contributed by atoms with van der Waals surface area (Å²) in [5, 5.41) is 2.63. The Hall–Kier alpha value is -3.38. The third-order valence-electron chi connectivity index (χ3n) is 6.18. The smallest absolute Gasteiger partial charge is 0.308 e. The summed E-state index contributed by atoms with van der Waals surface area (Å²) >= 11 is 1.69. The van der Waals surface area contributed by atoms with E-state index in [1.165, 1.54) is 28.6 Å². The average Bonchev–Trinajstić information content (AvgIpc) is 2.95. The van der Waals surface area contributed by atoms with Gasteiger partial charge in [0, 0.05) is 35.1 Å². The fourth-order valence-electron chi connectivity index (χ4n) is 4.29. The Morgan fingerprint density at radius 2 is 1.50 bits per heavy atom. The van der Waals surface area contributed by atoms with Crippen molar-refractivity contribution in [2.75, 3.05) is 49.7 Å². The summed E-state index contributed by atoms with van der Waals surface area (Å²) < 4.78 is 37.3. The van der Waals surface area contributed by atoms with E-state index in [9.17, 15) is 18.0 Å². The van der Waals surface area contributed by atoms with Crippen LogP contribution < -0.4 is 10.2 Å². The Labute approximate surface area is 225 Å². The number of nitrogens with one attached hydrogen (secondary N) is 1. The van der Waals surface area contributed by atoms with Crippen molar-refractivity contribution in [3.05, 3.63) is 72.8 Å². The van der Waals surface area contributed by atoms with Crippen molar-refractivity contribution >= 4 is 50.7 Å². The molecule has 0 bridgehead atoms. The number of ether oxygens (including phenoxy) is 2. The van der Waals surface area contributed by atoms with Crippen molar-refractivity contribution in [1.29, 1.82) is 0 Å². The van der Waals surface area contributed by atoms with Crippen LogP contribution >= 0.6 is 11.8 Å². The number of benzene rings is 3. The lowest BCUT2D eigenvalue weighted by Crippen LogP contribution is -2.40. The molecule has 198 valence electrons. The van der Waals surface area contributed by atoms with E-state index in [0.29, 0.717) is 38.5 Å². The maximum absolute atomic E-state index is 12.7. The maximum atomic E-state index is 12.7. The second-order valence-corrected chi connectivity index (χ2v) is 11.7. The molecule has 3 aromatic rings. The van der Waals surface area contributed by atoms with Crippen LogP contribution in [0.3, 0.4) is 0 Å². The number of carbonyl (C=O) groups is 2. The fraction of sp³-hybridized carbons (Fsp3) is 0.259. The van der Waals surface area contributed by atoms with Gasteiger partial charge in [-0.15, -0.1) is 0 Å². The summed E-state index contributed by atoms with van der Waals surface area (Å²) in [5.41, 5.74) is 2.47. The number of esters is 1. The molecular formula is C27H27N3O6S2. The van der Waals surface area contributed by atoms with Crippen LogP contribution in [0.2, 0.25) is 0 Å². The summed E-state index contributed by atoms with van der Waals surface area (Å²) in [4.78, 5) is 29.3. The number of hydrogen-bond acceptors (Lipinski definition) is 8. The van der Waals surface area contributed by atoms with Crippen molar-refractivity contribution in [3.8, 4) is 0 Å². The Kier molecular flexibility index (Phi) is 7.98. The number of rotatable bonds is 8. The highest BCUT2D eigenvalue weighted by atomic mass is 32.2. The van der Waals surface area contributed by atoms with Gasteiger partial charge in [0.1, 0.15) is 0 Å². The highest BCUT2D eigenvalue weighted by molar-refractivity contribution is 7.99. The number of para-hydroxylation sites is 2. The first-order chi connectivity index (χ1) is 18.4. The van der Waals surface area contributed by atoms with Crippen molar-refractivity contribution in [2.45, 2.75) is 21.1 Å². The molecule has 1 saturated heterocycles. The first kappa shape index (κ1) is 26.2. The van der Waals surface area contributed by atoms with Crippen molar-refractivity contribution < 1.29 is 27.5 Å². The van der Waals surface area contributed by atoms with E-state index in [0.717, 1.165) is 21.2 Å². The highest BCUT2D eigenvalue weighted by Crippen LogP contribution is 2.47. The van der Waals surface area contributed by atoms with Crippen LogP contribution in [0.25, 0.3) is 0 Å². The van der Waals surface area contributed by atoms with Crippen LogP contribution in [0.1, 0.15) is 6.42 Å². The molecule has 1 amide bonds. The molecule has 0 radical (unpaired) electrons. The second kappa shape index (κ2) is 11.6. The number of carbonyl (C=O) groups excluding carboxylic acids is 2. The standard InChI is InChI=1S/C27H27N3O6S2/c31-26(28-20-9-11-21(12-10-20)38(33,34)29-15-17-35-18-16-29)19-36-27(32)13-14-30-22-5-1-3-7-24(22)37-25-8-4-2-6-23(25)30/h1-12H,13-19H2,(H,28,31). The van der Waals surface area contributed by atoms with Crippen molar-refractivity contribution in [3.63, 3.8) is 0 Å². The molecule has 0 aliphatic carbocycles. The van der Waals surface area contributed by atoms with Crippen LogP contribution in [0.15, 0.2) is 87.5 Å². The molecule has 11 heteroatoms. The topological polar surface area (TPSA) is 105 Å². The molecule has 2 aliphatic rings. The maximum Gasteiger partial charge on any atom is 0.308 e. The van der Waals surface area contributed by atoms with E-state index in [4.69, 9.17) is 9.47 Å². The normalized spacial score (nSPS) is 15.3. The van der Waals surface area contributed by atoms with Crippen LogP contribution in [-0.2, 0) is 29.1 Å². The number of sulfonamides is 1. The number of nitrogens with zero attached hydrogens (tertiary/aromatic N) is 2. The van der Waals surface area contributed by atoms with Crippen LogP contribution in [-0.4, -0.2) is 64.1 Å². The minimum absolute atomic E-state index is 0.106. The van der Waals surface area contributed by atoms with Crippen LogP contribution in [0.5, 0.6) is 0 Å². The van der Waals surface area contributed by atoms with E-state index < -0.39 is 28.5 Å². The summed E-state index contributed by atoms with van der Waals surface area (Å²) in [6.07, 6.45) is 0.106. The van der Waals surface area contributed by atoms with E-state index in [1.807, 2.05) is 36.4 Å². The number of fused-ring (bicyclic) bond motifs is 2. The number of amides is 1. The molecule has 2 aliphatic heterocycles. The molecule has 1 N–H and O–H groups in total. The van der Waals surface area contributed by atoms with Crippen LogP contribution in [0, 0.1) is 0 Å². The molecule has 0 saturated carbocycles. The van der Waals surface area contributed by atoms with Gasteiger partial charge >= 0.3 is 5.97 Å². The van der Waals surface area contributed by atoms with Gasteiger partial charge in [-0.05, 0) is 48.5 Å². The predicted molar refractivity (Wildman–Crippen MR) is 144 cm³/mol. The summed E-state index contributed by atoms with van der Waals surface area (Å²) in [6.45, 7) is 1.32. The SMILES string of the molecule is O=C(COC(=O)CCN1c2ccccc2Sc2ccccc21)Nc1ccc(S(=O)(=O)N2CCOCC2)cc1. The summed E-state index contributed by atoms with van der Waals surface area (Å²) in [6, 6.07) is 22.0. The molecule has 38 heavy (non-hydrogen) atoms. The lowest BCUT2D eigenvalue weighted by molar-refractivity contribution is -0.147. The largest absolute Gasteiger partial charge is 0.456 e. The molecule has 2 heterocycles. The molecular weight excluding hydrogens is 526 g/mol. The first-order valence-corrected chi connectivity index (χ1v) is 14.4. The second-order valence-electron chi connectivity index (χ2n) is 8.69. The van der Waals surface area contributed by atoms with E-state index >= 15 is 0 Å². The van der Waals surface area contributed by atoms with E-state index in [1.54, 1.807) is 11.8 Å². The molecule has 0 atom stereocenters. The third-order valence-corrected chi connectivity index (χ3v) is 9.22. The Morgan fingerprint density at radius 3 is 2.13 bits per heavy atom. The zero-order valence-electron chi connectivity index (χ0n) is 20.5. The zero-order chi connectivity index (χ0) is 26.5. The Bertz CT molecular complexity index is 1380. The number of morpholine rings is 1. The number of anilines is 3. The zero-order valence-corrected chi connectivity index (χ0v) is 22.2. The molecule has 0 aromatic heterocycles. The monoisotopic (exact) mass is 553 g/mol. The molecule has 1 fully saturated rings. The van der Waals surface area contributed by atoms with Gasteiger partial charge in [-0.1, -0.05) is 36.0 Å². The molecule has 9 nitrogen and oxygen atoms in total. The van der Waals surface area contributed by atoms with Gasteiger partial charge in [0.05, 0.1) is 35.9 Å². The van der Waals surface area contributed by atoms with E-state index in [2.05, 4.69) is 22.3 Å². The van der Waals surface area contributed by atoms with Gasteiger partial charge in [0.25, 0.3) is 5.91 Å². The molecule has 3 aromatic carbocycles. The lowest BCUT2D eigenvalue weighted by atomic mass is 10.2. The van der Waals surface area contributed by atoms with Crippen LogP contribution in [0.4, 0.5) is 17.1 Å². The van der Waals surface area contributed by atoms with Gasteiger partial charge in [-0.2, -0.15) is 4.31 Å². The first-order valence-electron chi connectivity index (χ1n) is 12.2. The Balaban J connectivity index is 1.13. The summed E-state index contributed by atoms with van der Waals surface area (Å²) in [7, 11) is -3.62. The van der Waals surface area contributed by atoms with Gasteiger partial charge < -0.3 is 19.7 Å². The molecule has 0 unspecified atom stereocenters. The fourth-order valence-corrected chi connectivity index (χ4v) is 6.79. The molecule has 5 rings (SSSR count). The summed E-state index contributed by atoms with van der Waals surface area (Å²) in [5.74, 6) is -0.993. The van der Waals surface area contributed by atoms with Crippen molar-refractivity contribution in [1.82, 2.24) is 4.31 Å². The van der Waals surface area contributed by atoms with Gasteiger partial charge in [0.2, 0.25) is 10.0 Å². The van der Waals surface area contributed by atoms with Gasteiger partial charge in [0.15, 0.2) is 6.61 Å². The minimum Gasteiger partial charge on any atom is -0.456 e. The minimum atomic E-state index is -3.62. The van der Waals surface area contributed by atoms with Gasteiger partial charge in [-0.25, -0.2) is 8.42 Å². The predicted octanol–water partition coefficient (Wildman–Crippen LogP) is 3.88. The van der Waals surface area contributed by atoms with Crippen molar-refractivity contribution in [2.24, 2.45) is 0 Å². The third kappa shape index (κ3) is 5.86. The highest BCUT2D eigenvalue weighted by Gasteiger charge is 2.26. The van der Waals surface area contributed by atoms with E-state index in [-0.39, 0.29) is 11.3 Å². The van der Waals surface area contributed by atoms with Gasteiger partial charge in [-0.3, -0.25) is 9.59 Å². The number of hydrogen-bond donors (Lipinski definition) is 1.